The molecule has 1 amide bonds. The van der Waals surface area contributed by atoms with Gasteiger partial charge in [-0.15, -0.1) is 0 Å². The van der Waals surface area contributed by atoms with Crippen LogP contribution in [0.25, 0.3) is 0 Å². The molecule has 8 heteroatoms. The van der Waals surface area contributed by atoms with E-state index in [-0.39, 0.29) is 17.3 Å². The fraction of sp³-hybridized carbons (Fsp3) is 0.296. The molecule has 0 N–H and O–H groups in total. The molecule has 1 saturated heterocycles. The number of aryl methyl sites for hydroxylation is 2. The van der Waals surface area contributed by atoms with Crippen LogP contribution in [0, 0.1) is 13.8 Å². The second-order valence-corrected chi connectivity index (χ2v) is 10.5. The van der Waals surface area contributed by atoms with Crippen molar-refractivity contribution in [1.29, 1.82) is 0 Å². The van der Waals surface area contributed by atoms with Crippen LogP contribution in [0.15, 0.2) is 77.7 Å². The SMILES string of the molecule is COc1ccccc1N1CCN(C(=O)CN(c2ccc(C)c(C)c2)S(=O)(=O)c2ccccc2)CC1. The topological polar surface area (TPSA) is 70.2 Å². The first-order valence-electron chi connectivity index (χ1n) is 11.6. The number of rotatable bonds is 7. The average molecular weight is 494 g/mol. The van der Waals surface area contributed by atoms with Crippen LogP contribution in [0.4, 0.5) is 11.4 Å². The van der Waals surface area contributed by atoms with Gasteiger partial charge in [0, 0.05) is 26.2 Å². The van der Waals surface area contributed by atoms with Gasteiger partial charge in [-0.1, -0.05) is 36.4 Å². The molecule has 1 heterocycles. The first-order valence-corrected chi connectivity index (χ1v) is 13.1. The number of hydrogen-bond acceptors (Lipinski definition) is 5. The van der Waals surface area contributed by atoms with Crippen LogP contribution >= 0.6 is 0 Å². The van der Waals surface area contributed by atoms with Crippen molar-refractivity contribution in [3.63, 3.8) is 0 Å². The summed E-state index contributed by atoms with van der Waals surface area (Å²) in [6.07, 6.45) is 0. The number of carbonyl (C=O) groups is 1. The van der Waals surface area contributed by atoms with Crippen LogP contribution in [0.1, 0.15) is 11.1 Å². The Hall–Kier alpha value is -3.52. The molecule has 4 rings (SSSR count). The molecule has 0 unspecified atom stereocenters. The number of hydrogen-bond donors (Lipinski definition) is 0. The van der Waals surface area contributed by atoms with Gasteiger partial charge in [-0.05, 0) is 61.4 Å². The van der Waals surface area contributed by atoms with Gasteiger partial charge in [-0.3, -0.25) is 9.10 Å². The normalized spacial score (nSPS) is 14.0. The van der Waals surface area contributed by atoms with Crippen molar-refractivity contribution in [2.75, 3.05) is 49.0 Å². The molecule has 0 saturated carbocycles. The van der Waals surface area contributed by atoms with Gasteiger partial charge in [0.15, 0.2) is 0 Å². The van der Waals surface area contributed by atoms with E-state index in [9.17, 15) is 13.2 Å². The molecule has 1 fully saturated rings. The van der Waals surface area contributed by atoms with Gasteiger partial charge < -0.3 is 14.5 Å². The molecular weight excluding hydrogens is 462 g/mol. The number of piperazine rings is 1. The molecule has 0 radical (unpaired) electrons. The Morgan fingerprint density at radius 2 is 1.54 bits per heavy atom. The smallest absolute Gasteiger partial charge is 0.264 e. The van der Waals surface area contributed by atoms with Crippen LogP contribution in [0.5, 0.6) is 5.75 Å². The second-order valence-electron chi connectivity index (χ2n) is 8.63. The predicted octanol–water partition coefficient (Wildman–Crippen LogP) is 3.86. The molecule has 1 aliphatic rings. The molecular formula is C27H31N3O4S. The fourth-order valence-electron chi connectivity index (χ4n) is 4.23. The van der Waals surface area contributed by atoms with Crippen LogP contribution in [0.3, 0.4) is 0 Å². The van der Waals surface area contributed by atoms with E-state index in [0.29, 0.717) is 31.9 Å². The lowest BCUT2D eigenvalue weighted by molar-refractivity contribution is -0.129. The molecule has 0 spiro atoms. The quantitative estimate of drug-likeness (QED) is 0.500. The number of para-hydroxylation sites is 2. The minimum Gasteiger partial charge on any atom is -0.495 e. The zero-order valence-corrected chi connectivity index (χ0v) is 21.2. The van der Waals surface area contributed by atoms with E-state index < -0.39 is 10.0 Å². The highest BCUT2D eigenvalue weighted by atomic mass is 32.2. The lowest BCUT2D eigenvalue weighted by atomic mass is 10.1. The number of amides is 1. The summed E-state index contributed by atoms with van der Waals surface area (Å²) in [4.78, 5) is 17.4. The Morgan fingerprint density at radius 1 is 0.886 bits per heavy atom. The monoisotopic (exact) mass is 493 g/mol. The summed E-state index contributed by atoms with van der Waals surface area (Å²) in [6, 6.07) is 21.5. The third-order valence-corrected chi connectivity index (χ3v) is 8.23. The third-order valence-electron chi connectivity index (χ3n) is 6.45. The van der Waals surface area contributed by atoms with E-state index in [1.165, 1.54) is 4.31 Å². The molecule has 3 aromatic rings. The van der Waals surface area contributed by atoms with E-state index in [2.05, 4.69) is 4.90 Å². The van der Waals surface area contributed by atoms with Crippen LogP contribution < -0.4 is 13.9 Å². The maximum atomic E-state index is 13.6. The summed E-state index contributed by atoms with van der Waals surface area (Å²) >= 11 is 0. The lowest BCUT2D eigenvalue weighted by Gasteiger charge is -2.37. The molecule has 0 bridgehead atoms. The summed E-state index contributed by atoms with van der Waals surface area (Å²) in [5, 5.41) is 0. The number of sulfonamides is 1. The van der Waals surface area contributed by atoms with Gasteiger partial charge in [-0.25, -0.2) is 8.42 Å². The van der Waals surface area contributed by atoms with E-state index in [4.69, 9.17) is 4.74 Å². The maximum absolute atomic E-state index is 13.6. The first kappa shape index (κ1) is 24.6. The highest BCUT2D eigenvalue weighted by Gasteiger charge is 2.30. The molecule has 0 aliphatic carbocycles. The standard InChI is InChI=1S/C27H31N3O4S/c1-21-13-14-23(19-22(21)2)30(35(32,33)24-9-5-4-6-10-24)20-27(31)29-17-15-28(16-18-29)25-11-7-8-12-26(25)34-3/h4-14,19H,15-18,20H2,1-3H3. The number of benzene rings is 3. The molecule has 35 heavy (non-hydrogen) atoms. The Balaban J connectivity index is 1.55. The van der Waals surface area contributed by atoms with E-state index in [1.807, 2.05) is 50.2 Å². The van der Waals surface area contributed by atoms with Crippen LogP contribution in [-0.2, 0) is 14.8 Å². The zero-order valence-electron chi connectivity index (χ0n) is 20.3. The van der Waals surface area contributed by atoms with E-state index in [0.717, 1.165) is 22.6 Å². The van der Waals surface area contributed by atoms with Gasteiger partial charge in [0.05, 0.1) is 23.4 Å². The van der Waals surface area contributed by atoms with Crippen LogP contribution in [0.2, 0.25) is 0 Å². The summed E-state index contributed by atoms with van der Waals surface area (Å²) in [6.45, 7) is 5.94. The van der Waals surface area contributed by atoms with Crippen molar-refractivity contribution >= 4 is 27.3 Å². The Labute approximate surface area is 207 Å². The minimum absolute atomic E-state index is 0.159. The summed E-state index contributed by atoms with van der Waals surface area (Å²) in [5.74, 6) is 0.574. The Kier molecular flexibility index (Phi) is 7.31. The van der Waals surface area contributed by atoms with Gasteiger partial charge in [0.25, 0.3) is 10.0 Å². The van der Waals surface area contributed by atoms with Crippen molar-refractivity contribution in [1.82, 2.24) is 4.90 Å². The number of nitrogens with zero attached hydrogens (tertiary/aromatic N) is 3. The predicted molar refractivity (Wildman–Crippen MR) is 139 cm³/mol. The van der Waals surface area contributed by atoms with Gasteiger partial charge >= 0.3 is 0 Å². The molecule has 0 atom stereocenters. The van der Waals surface area contributed by atoms with Gasteiger partial charge in [0.1, 0.15) is 12.3 Å². The van der Waals surface area contributed by atoms with E-state index in [1.54, 1.807) is 48.4 Å². The van der Waals surface area contributed by atoms with E-state index >= 15 is 0 Å². The maximum Gasteiger partial charge on any atom is 0.264 e. The highest BCUT2D eigenvalue weighted by molar-refractivity contribution is 7.92. The molecule has 7 nitrogen and oxygen atoms in total. The highest BCUT2D eigenvalue weighted by Crippen LogP contribution is 2.29. The van der Waals surface area contributed by atoms with Crippen LogP contribution in [-0.4, -0.2) is 59.1 Å². The summed E-state index contributed by atoms with van der Waals surface area (Å²) in [7, 11) is -2.28. The van der Waals surface area contributed by atoms with Crippen molar-refractivity contribution in [2.45, 2.75) is 18.7 Å². The molecule has 0 aromatic heterocycles. The summed E-state index contributed by atoms with van der Waals surface area (Å²) in [5.41, 5.74) is 3.50. The average Bonchev–Trinajstić information content (AvgIpc) is 2.89. The van der Waals surface area contributed by atoms with Crippen molar-refractivity contribution < 1.29 is 17.9 Å². The lowest BCUT2D eigenvalue weighted by Crippen LogP contribution is -2.52. The molecule has 1 aliphatic heterocycles. The largest absolute Gasteiger partial charge is 0.495 e. The molecule has 3 aromatic carbocycles. The first-order chi connectivity index (χ1) is 16.8. The Morgan fingerprint density at radius 3 is 2.20 bits per heavy atom. The number of carbonyl (C=O) groups excluding carboxylic acids is 1. The number of ether oxygens (including phenoxy) is 1. The number of anilines is 2. The van der Waals surface area contributed by atoms with Gasteiger partial charge in [0.2, 0.25) is 5.91 Å². The summed E-state index contributed by atoms with van der Waals surface area (Å²) < 4.78 is 33.9. The molecule has 184 valence electrons. The van der Waals surface area contributed by atoms with Crippen molar-refractivity contribution in [2.24, 2.45) is 0 Å². The number of methoxy groups -OCH3 is 1. The Bertz CT molecular complexity index is 1290. The van der Waals surface area contributed by atoms with Crippen molar-refractivity contribution in [3.8, 4) is 5.75 Å². The third kappa shape index (κ3) is 5.27. The van der Waals surface area contributed by atoms with Crippen molar-refractivity contribution in [3.05, 3.63) is 83.9 Å². The fourth-order valence-corrected chi connectivity index (χ4v) is 5.65. The van der Waals surface area contributed by atoms with Gasteiger partial charge in [-0.2, -0.15) is 0 Å². The zero-order chi connectivity index (χ0) is 25.0. The second kappa shape index (κ2) is 10.4. The minimum atomic E-state index is -3.92.